The number of benzene rings is 1. The lowest BCUT2D eigenvalue weighted by atomic mass is 10.1. The molecule has 0 fully saturated rings. The first-order valence-corrected chi connectivity index (χ1v) is 6.40. The first kappa shape index (κ1) is 14.5. The normalized spacial score (nSPS) is 10.1. The average molecular weight is 289 g/mol. The smallest absolute Gasteiger partial charge is 0.292 e. The Balaban J connectivity index is 2.13. The van der Waals surface area contributed by atoms with Crippen LogP contribution in [0, 0.1) is 10.1 Å². The van der Waals surface area contributed by atoms with Gasteiger partial charge in [0.15, 0.2) is 0 Å². The third kappa shape index (κ3) is 3.56. The number of anilines is 1. The summed E-state index contributed by atoms with van der Waals surface area (Å²) in [4.78, 5) is 29.3. The molecule has 2 rings (SSSR count). The van der Waals surface area contributed by atoms with Crippen LogP contribution in [0.1, 0.15) is 23.1 Å². The van der Waals surface area contributed by atoms with Gasteiger partial charge in [-0.15, -0.1) is 0 Å². The molecule has 0 bridgehead atoms. The fraction of sp³-hybridized carbons (Fsp3) is 0.231. The summed E-state index contributed by atoms with van der Waals surface area (Å²) in [5.74, 6) is 0.317. The van der Waals surface area contributed by atoms with Gasteiger partial charge in [0.2, 0.25) is 0 Å². The first-order valence-electron chi connectivity index (χ1n) is 6.40. The van der Waals surface area contributed by atoms with Gasteiger partial charge in [0.25, 0.3) is 11.6 Å². The fourth-order valence-corrected chi connectivity index (χ4v) is 1.83. The van der Waals surface area contributed by atoms with Crippen molar-refractivity contribution in [2.75, 3.05) is 11.9 Å². The third-order valence-electron chi connectivity index (χ3n) is 2.79. The van der Waals surface area contributed by atoms with Crippen molar-refractivity contribution in [2.45, 2.75) is 13.5 Å². The Morgan fingerprint density at radius 3 is 2.90 bits per heavy atom. The standard InChI is InChI=1S/C13H15N5O3/c1-2-14-10-7-9(3-4-11(10)18(20)21)13(19)17-8-12-15-5-6-16-12/h3-7,14H,2,8H2,1H3,(H,15,16)(H,17,19). The van der Waals surface area contributed by atoms with E-state index in [1.54, 1.807) is 12.4 Å². The number of hydrogen-bond acceptors (Lipinski definition) is 5. The maximum atomic E-state index is 12.0. The van der Waals surface area contributed by atoms with Crippen LogP contribution in [-0.2, 0) is 6.54 Å². The predicted molar refractivity (Wildman–Crippen MR) is 77.0 cm³/mol. The van der Waals surface area contributed by atoms with Crippen molar-refractivity contribution in [2.24, 2.45) is 0 Å². The monoisotopic (exact) mass is 289 g/mol. The maximum Gasteiger partial charge on any atom is 0.292 e. The molecule has 8 heteroatoms. The summed E-state index contributed by atoms with van der Waals surface area (Å²) < 4.78 is 0. The van der Waals surface area contributed by atoms with Crippen LogP contribution in [0.2, 0.25) is 0 Å². The van der Waals surface area contributed by atoms with E-state index in [1.807, 2.05) is 6.92 Å². The molecule has 1 amide bonds. The maximum absolute atomic E-state index is 12.0. The third-order valence-corrected chi connectivity index (χ3v) is 2.79. The number of nitro benzene ring substituents is 1. The molecule has 110 valence electrons. The molecule has 0 saturated heterocycles. The van der Waals surface area contributed by atoms with Crippen molar-refractivity contribution in [1.82, 2.24) is 15.3 Å². The highest BCUT2D eigenvalue weighted by Crippen LogP contribution is 2.25. The Morgan fingerprint density at radius 2 is 2.29 bits per heavy atom. The van der Waals surface area contributed by atoms with Gasteiger partial charge >= 0.3 is 0 Å². The molecule has 2 aromatic rings. The molecule has 8 nitrogen and oxygen atoms in total. The van der Waals surface area contributed by atoms with Gasteiger partial charge in [0.1, 0.15) is 11.5 Å². The lowest BCUT2D eigenvalue weighted by molar-refractivity contribution is -0.384. The average Bonchev–Trinajstić information content (AvgIpc) is 2.98. The molecule has 3 N–H and O–H groups in total. The molecule has 0 spiro atoms. The molecule has 0 aliphatic carbocycles. The fourth-order valence-electron chi connectivity index (χ4n) is 1.83. The number of nitrogens with zero attached hydrogens (tertiary/aromatic N) is 2. The number of rotatable bonds is 6. The Hall–Kier alpha value is -2.90. The summed E-state index contributed by atoms with van der Waals surface area (Å²) in [7, 11) is 0. The molecule has 0 saturated carbocycles. The van der Waals surface area contributed by atoms with Gasteiger partial charge in [-0.25, -0.2) is 4.98 Å². The number of carbonyl (C=O) groups excluding carboxylic acids is 1. The SMILES string of the molecule is CCNc1cc(C(=O)NCc2ncc[nH]2)ccc1[N+](=O)[O-]. The zero-order valence-corrected chi connectivity index (χ0v) is 11.4. The molecule has 0 aliphatic heterocycles. The summed E-state index contributed by atoms with van der Waals surface area (Å²) >= 11 is 0. The zero-order valence-electron chi connectivity index (χ0n) is 11.4. The molecule has 1 aromatic heterocycles. The molecule has 0 radical (unpaired) electrons. The van der Waals surface area contributed by atoms with Gasteiger partial charge in [-0.3, -0.25) is 14.9 Å². The Labute approximate surface area is 120 Å². The molecule has 0 unspecified atom stereocenters. The minimum absolute atomic E-state index is 0.0561. The molecule has 0 aliphatic rings. The van der Waals surface area contributed by atoms with Crippen LogP contribution >= 0.6 is 0 Å². The molecular formula is C13H15N5O3. The van der Waals surface area contributed by atoms with Gasteiger partial charge < -0.3 is 15.6 Å². The molecule has 1 aromatic carbocycles. The number of nitrogens with one attached hydrogen (secondary N) is 3. The zero-order chi connectivity index (χ0) is 15.2. The van der Waals surface area contributed by atoms with E-state index in [4.69, 9.17) is 0 Å². The quantitative estimate of drug-likeness (QED) is 0.553. The van der Waals surface area contributed by atoms with Crippen LogP contribution in [0.5, 0.6) is 0 Å². The minimum atomic E-state index is -0.484. The molecule has 21 heavy (non-hydrogen) atoms. The highest BCUT2D eigenvalue weighted by Gasteiger charge is 2.16. The molecule has 1 heterocycles. The summed E-state index contributed by atoms with van der Waals surface area (Å²) in [6.07, 6.45) is 3.26. The number of aromatic nitrogens is 2. The highest BCUT2D eigenvalue weighted by atomic mass is 16.6. The van der Waals surface area contributed by atoms with E-state index in [0.717, 1.165) is 0 Å². The van der Waals surface area contributed by atoms with E-state index >= 15 is 0 Å². The Morgan fingerprint density at radius 1 is 1.48 bits per heavy atom. The Bertz CT molecular complexity index is 639. The van der Waals surface area contributed by atoms with Crippen LogP contribution in [0.15, 0.2) is 30.6 Å². The topological polar surface area (TPSA) is 113 Å². The number of H-pyrrole nitrogens is 1. The summed E-state index contributed by atoms with van der Waals surface area (Å²) in [5.41, 5.74) is 0.621. The van der Waals surface area contributed by atoms with Crippen molar-refractivity contribution in [3.8, 4) is 0 Å². The minimum Gasteiger partial charge on any atom is -0.380 e. The van der Waals surface area contributed by atoms with Crippen LogP contribution in [-0.4, -0.2) is 27.3 Å². The number of aromatic amines is 1. The van der Waals surface area contributed by atoms with Crippen LogP contribution < -0.4 is 10.6 Å². The lowest BCUT2D eigenvalue weighted by Gasteiger charge is -2.08. The lowest BCUT2D eigenvalue weighted by Crippen LogP contribution is -2.23. The van der Waals surface area contributed by atoms with E-state index < -0.39 is 4.92 Å². The van der Waals surface area contributed by atoms with Crippen molar-refractivity contribution < 1.29 is 9.72 Å². The van der Waals surface area contributed by atoms with E-state index in [9.17, 15) is 14.9 Å². The molecular weight excluding hydrogens is 274 g/mol. The van der Waals surface area contributed by atoms with E-state index in [1.165, 1.54) is 18.2 Å². The Kier molecular flexibility index (Phi) is 4.50. The number of nitro groups is 1. The van der Waals surface area contributed by atoms with Crippen LogP contribution in [0.25, 0.3) is 0 Å². The van der Waals surface area contributed by atoms with Crippen molar-refractivity contribution in [3.05, 3.63) is 52.1 Å². The number of amides is 1. The van der Waals surface area contributed by atoms with Gasteiger partial charge in [-0.05, 0) is 19.1 Å². The summed E-state index contributed by atoms with van der Waals surface area (Å²) in [6, 6.07) is 4.22. The largest absolute Gasteiger partial charge is 0.380 e. The van der Waals surface area contributed by atoms with Crippen molar-refractivity contribution in [1.29, 1.82) is 0 Å². The van der Waals surface area contributed by atoms with Crippen molar-refractivity contribution >= 4 is 17.3 Å². The van der Waals surface area contributed by atoms with Gasteiger partial charge in [-0.1, -0.05) is 0 Å². The number of carbonyl (C=O) groups is 1. The number of imidazole rings is 1. The summed E-state index contributed by atoms with van der Waals surface area (Å²) in [5, 5.41) is 16.5. The van der Waals surface area contributed by atoms with Gasteiger partial charge in [0.05, 0.1) is 11.5 Å². The summed E-state index contributed by atoms with van der Waals surface area (Å²) in [6.45, 7) is 2.62. The van der Waals surface area contributed by atoms with Gasteiger partial charge in [-0.2, -0.15) is 0 Å². The van der Waals surface area contributed by atoms with Gasteiger partial charge in [0, 0.05) is 30.6 Å². The van der Waals surface area contributed by atoms with E-state index in [0.29, 0.717) is 23.6 Å². The second-order valence-electron chi connectivity index (χ2n) is 4.24. The first-order chi connectivity index (χ1) is 10.1. The molecule has 0 atom stereocenters. The number of hydrogen-bond donors (Lipinski definition) is 3. The van der Waals surface area contributed by atoms with Crippen LogP contribution in [0.3, 0.4) is 0 Å². The van der Waals surface area contributed by atoms with E-state index in [2.05, 4.69) is 20.6 Å². The van der Waals surface area contributed by atoms with E-state index in [-0.39, 0.29) is 18.1 Å². The highest BCUT2D eigenvalue weighted by molar-refractivity contribution is 5.95. The second-order valence-corrected chi connectivity index (χ2v) is 4.24. The van der Waals surface area contributed by atoms with Crippen molar-refractivity contribution in [3.63, 3.8) is 0 Å². The second kappa shape index (κ2) is 6.51. The van der Waals surface area contributed by atoms with Crippen LogP contribution in [0.4, 0.5) is 11.4 Å². The predicted octanol–water partition coefficient (Wildman–Crippen LogP) is 1.68.